The summed E-state index contributed by atoms with van der Waals surface area (Å²) in [7, 11) is 0. The van der Waals surface area contributed by atoms with Gasteiger partial charge in [0.25, 0.3) is 5.88 Å². The molecule has 6 nitrogen and oxygen atoms in total. The van der Waals surface area contributed by atoms with Crippen molar-refractivity contribution in [2.24, 2.45) is 0 Å². The molecule has 0 saturated heterocycles. The summed E-state index contributed by atoms with van der Waals surface area (Å²) in [5.74, 6) is 0.283. The second kappa shape index (κ2) is 5.40. The Morgan fingerprint density at radius 2 is 1.89 bits per heavy atom. The van der Waals surface area contributed by atoms with E-state index in [9.17, 15) is 10.1 Å². The van der Waals surface area contributed by atoms with E-state index in [1.54, 1.807) is 12.3 Å². The van der Waals surface area contributed by atoms with Gasteiger partial charge in [0.1, 0.15) is 5.75 Å². The predicted molar refractivity (Wildman–Crippen MR) is 70.6 cm³/mol. The van der Waals surface area contributed by atoms with Crippen molar-refractivity contribution in [1.29, 1.82) is 0 Å². The minimum atomic E-state index is -0.557. The third-order valence-corrected chi connectivity index (χ3v) is 2.76. The number of pyridine rings is 2. The van der Waals surface area contributed by atoms with Crippen LogP contribution in [0.3, 0.4) is 0 Å². The first-order chi connectivity index (χ1) is 8.56. The molecule has 8 heteroatoms. The average molecular weight is 375 g/mol. The number of aromatic nitrogens is 2. The zero-order valence-electron chi connectivity index (χ0n) is 8.71. The van der Waals surface area contributed by atoms with Crippen molar-refractivity contribution in [3.05, 3.63) is 49.8 Å². The number of nitrogens with zero attached hydrogens (tertiary/aromatic N) is 3. The number of rotatable bonds is 3. The van der Waals surface area contributed by atoms with Crippen molar-refractivity contribution < 1.29 is 9.66 Å². The van der Waals surface area contributed by atoms with Gasteiger partial charge in [-0.1, -0.05) is 0 Å². The molecule has 0 N–H and O–H groups in total. The van der Waals surface area contributed by atoms with Gasteiger partial charge in [0.2, 0.25) is 0 Å². The molecule has 92 valence electrons. The zero-order chi connectivity index (χ0) is 13.1. The first kappa shape index (κ1) is 12.9. The maximum absolute atomic E-state index is 10.9. The molecule has 0 radical (unpaired) electrons. The van der Waals surface area contributed by atoms with Crippen LogP contribution in [-0.2, 0) is 0 Å². The molecule has 0 aromatic carbocycles. The molecule has 2 aromatic heterocycles. The normalized spacial score (nSPS) is 10.1. The Morgan fingerprint density at radius 3 is 2.56 bits per heavy atom. The van der Waals surface area contributed by atoms with Crippen molar-refractivity contribution in [1.82, 2.24) is 9.97 Å². The summed E-state index contributed by atoms with van der Waals surface area (Å²) in [4.78, 5) is 18.1. The van der Waals surface area contributed by atoms with E-state index in [4.69, 9.17) is 4.74 Å². The van der Waals surface area contributed by atoms with E-state index in [0.29, 0.717) is 14.7 Å². The lowest BCUT2D eigenvalue weighted by molar-refractivity contribution is -0.386. The summed E-state index contributed by atoms with van der Waals surface area (Å²) in [6.07, 6.45) is 4.45. The highest BCUT2D eigenvalue weighted by atomic mass is 79.9. The van der Waals surface area contributed by atoms with Gasteiger partial charge < -0.3 is 4.74 Å². The molecule has 18 heavy (non-hydrogen) atoms. The second-order valence-electron chi connectivity index (χ2n) is 3.18. The van der Waals surface area contributed by atoms with Crippen LogP contribution in [0.5, 0.6) is 11.6 Å². The number of ether oxygens (including phenoxy) is 1. The van der Waals surface area contributed by atoms with Crippen LogP contribution < -0.4 is 4.74 Å². The maximum atomic E-state index is 10.9. The van der Waals surface area contributed by atoms with E-state index in [1.807, 2.05) is 0 Å². The first-order valence-electron chi connectivity index (χ1n) is 4.64. The molecule has 0 aliphatic rings. The molecule has 2 aromatic rings. The van der Waals surface area contributed by atoms with Gasteiger partial charge in [-0.3, -0.25) is 15.1 Å². The Morgan fingerprint density at radius 1 is 1.17 bits per heavy atom. The highest BCUT2D eigenvalue weighted by Crippen LogP contribution is 2.31. The van der Waals surface area contributed by atoms with Crippen LogP contribution in [0.15, 0.2) is 39.7 Å². The Labute approximate surface area is 118 Å². The molecule has 0 spiro atoms. The number of nitro groups is 1. The van der Waals surface area contributed by atoms with Crippen molar-refractivity contribution in [2.45, 2.75) is 0 Å². The number of hydrogen-bond donors (Lipinski definition) is 0. The Hall–Kier alpha value is -1.54. The quantitative estimate of drug-likeness (QED) is 0.604. The minimum Gasteiger partial charge on any atom is -0.432 e. The van der Waals surface area contributed by atoms with Crippen LogP contribution in [0.4, 0.5) is 5.69 Å². The van der Waals surface area contributed by atoms with Crippen LogP contribution in [0.25, 0.3) is 0 Å². The van der Waals surface area contributed by atoms with E-state index in [1.165, 1.54) is 18.5 Å². The van der Waals surface area contributed by atoms with Crippen LogP contribution in [0.1, 0.15) is 0 Å². The summed E-state index contributed by atoms with van der Waals surface area (Å²) in [5, 5.41) is 10.9. The average Bonchev–Trinajstić information content (AvgIpc) is 2.31. The van der Waals surface area contributed by atoms with Gasteiger partial charge in [0, 0.05) is 27.4 Å². The van der Waals surface area contributed by atoms with Crippen molar-refractivity contribution >= 4 is 37.5 Å². The third-order valence-electron chi connectivity index (χ3n) is 1.89. The maximum Gasteiger partial charge on any atom is 0.332 e. The topological polar surface area (TPSA) is 78.2 Å². The predicted octanol–water partition coefficient (Wildman–Crippen LogP) is 3.70. The lowest BCUT2D eigenvalue weighted by Crippen LogP contribution is -1.96. The molecule has 2 rings (SSSR count). The van der Waals surface area contributed by atoms with E-state index >= 15 is 0 Å². The van der Waals surface area contributed by atoms with Crippen LogP contribution in [-0.4, -0.2) is 14.9 Å². The molecular formula is C10H5Br2N3O3. The molecule has 0 unspecified atom stereocenters. The summed E-state index contributed by atoms with van der Waals surface area (Å²) >= 11 is 6.35. The summed E-state index contributed by atoms with van der Waals surface area (Å²) < 4.78 is 6.56. The minimum absolute atomic E-state index is 0.0805. The number of hydrogen-bond acceptors (Lipinski definition) is 5. The fourth-order valence-electron chi connectivity index (χ4n) is 1.19. The van der Waals surface area contributed by atoms with E-state index in [0.717, 1.165) is 0 Å². The molecule has 0 amide bonds. The Bertz CT molecular complexity index is 607. The highest BCUT2D eigenvalue weighted by Gasteiger charge is 2.18. The first-order valence-corrected chi connectivity index (χ1v) is 6.23. The fourth-order valence-corrected chi connectivity index (χ4v) is 1.85. The lowest BCUT2D eigenvalue weighted by Gasteiger charge is -2.05. The van der Waals surface area contributed by atoms with Crippen LogP contribution in [0.2, 0.25) is 0 Å². The zero-order valence-corrected chi connectivity index (χ0v) is 11.9. The van der Waals surface area contributed by atoms with Crippen molar-refractivity contribution in [2.75, 3.05) is 0 Å². The fraction of sp³-hybridized carbons (Fsp3) is 0. The number of halogens is 2. The smallest absolute Gasteiger partial charge is 0.332 e. The van der Waals surface area contributed by atoms with E-state index < -0.39 is 4.92 Å². The third kappa shape index (κ3) is 3.02. The SMILES string of the molecule is O=[N+]([O-])c1cc(Br)cnc1Oc1cncc(Br)c1. The van der Waals surface area contributed by atoms with Crippen molar-refractivity contribution in [3.63, 3.8) is 0 Å². The van der Waals surface area contributed by atoms with E-state index in [2.05, 4.69) is 41.8 Å². The van der Waals surface area contributed by atoms with Crippen molar-refractivity contribution in [3.8, 4) is 11.6 Å². The monoisotopic (exact) mass is 373 g/mol. The standard InChI is InChI=1S/C10H5Br2N3O3/c11-6-1-8(5-13-3-6)18-10-9(15(16)17)2-7(12)4-14-10/h1-5H. The molecule has 0 saturated carbocycles. The van der Waals surface area contributed by atoms with Gasteiger partial charge in [-0.05, 0) is 37.9 Å². The van der Waals surface area contributed by atoms with Gasteiger partial charge >= 0.3 is 5.69 Å². The highest BCUT2D eigenvalue weighted by molar-refractivity contribution is 9.10. The largest absolute Gasteiger partial charge is 0.432 e. The summed E-state index contributed by atoms with van der Waals surface area (Å²) in [6.45, 7) is 0. The van der Waals surface area contributed by atoms with Crippen LogP contribution in [0, 0.1) is 10.1 Å². The Kier molecular flexibility index (Phi) is 3.87. The molecule has 0 fully saturated rings. The van der Waals surface area contributed by atoms with Crippen LogP contribution >= 0.6 is 31.9 Å². The van der Waals surface area contributed by atoms with Gasteiger partial charge in [-0.25, -0.2) is 4.98 Å². The second-order valence-corrected chi connectivity index (χ2v) is 5.01. The molecule has 0 aliphatic carbocycles. The van der Waals surface area contributed by atoms with Gasteiger partial charge in [-0.15, -0.1) is 0 Å². The molecule has 0 atom stereocenters. The van der Waals surface area contributed by atoms with Gasteiger partial charge in [-0.2, -0.15) is 0 Å². The molecule has 2 heterocycles. The molecule has 0 bridgehead atoms. The Balaban J connectivity index is 2.37. The summed E-state index contributed by atoms with van der Waals surface area (Å²) in [5.41, 5.74) is -0.218. The van der Waals surface area contributed by atoms with E-state index in [-0.39, 0.29) is 11.6 Å². The van der Waals surface area contributed by atoms with Gasteiger partial charge in [0.15, 0.2) is 0 Å². The van der Waals surface area contributed by atoms with Gasteiger partial charge in [0.05, 0.1) is 11.1 Å². The summed E-state index contributed by atoms with van der Waals surface area (Å²) in [6, 6.07) is 2.97. The molecular weight excluding hydrogens is 370 g/mol. The molecule has 0 aliphatic heterocycles. The lowest BCUT2D eigenvalue weighted by atomic mass is 10.4.